The van der Waals surface area contributed by atoms with Crippen molar-refractivity contribution in [2.75, 3.05) is 12.9 Å². The van der Waals surface area contributed by atoms with Crippen LogP contribution in [0.4, 0.5) is 0 Å². The minimum absolute atomic E-state index is 0.149. The number of carbonyl (C=O) groups excluding carboxylic acids is 1. The molecule has 2 aromatic carbocycles. The standard InChI is InChI=1S/C24H25ClN4O3S/c1-15-6-5-7-18(8-15)13-32-23-20(25)10-19(11-21(23)31-4)12-26-29-22(30)14-33-24-27-16(2)9-17(3)28-24/h5-12H,13-14H2,1-4H3,(H,29,30)/b26-12-. The molecule has 0 radical (unpaired) electrons. The fraction of sp³-hybridized carbons (Fsp3) is 0.250. The highest BCUT2D eigenvalue weighted by Crippen LogP contribution is 2.36. The van der Waals surface area contributed by atoms with Crippen molar-refractivity contribution >= 4 is 35.5 Å². The Hall–Kier alpha value is -3.10. The number of thioether (sulfide) groups is 1. The Bertz CT molecular complexity index is 1150. The Balaban J connectivity index is 1.58. The normalized spacial score (nSPS) is 10.9. The molecule has 0 aliphatic heterocycles. The molecule has 0 aliphatic rings. The largest absolute Gasteiger partial charge is 0.493 e. The van der Waals surface area contributed by atoms with Crippen LogP contribution in [0.5, 0.6) is 11.5 Å². The number of hydrazone groups is 1. The smallest absolute Gasteiger partial charge is 0.250 e. The van der Waals surface area contributed by atoms with Gasteiger partial charge < -0.3 is 9.47 Å². The fourth-order valence-corrected chi connectivity index (χ4v) is 4.03. The fourth-order valence-electron chi connectivity index (χ4n) is 3.01. The maximum absolute atomic E-state index is 12.1. The molecule has 1 N–H and O–H groups in total. The highest BCUT2D eigenvalue weighted by molar-refractivity contribution is 7.99. The van der Waals surface area contributed by atoms with Crippen molar-refractivity contribution in [1.29, 1.82) is 0 Å². The monoisotopic (exact) mass is 484 g/mol. The van der Waals surface area contributed by atoms with Crippen LogP contribution in [0.2, 0.25) is 5.02 Å². The SMILES string of the molecule is COc1cc(/C=N\NC(=O)CSc2nc(C)cc(C)n2)cc(Cl)c1OCc1cccc(C)c1. The van der Waals surface area contributed by atoms with Crippen LogP contribution < -0.4 is 14.9 Å². The molecule has 0 saturated heterocycles. The minimum Gasteiger partial charge on any atom is -0.493 e. The molecule has 0 atom stereocenters. The molecule has 0 spiro atoms. The van der Waals surface area contributed by atoms with Crippen molar-refractivity contribution in [3.05, 3.63) is 75.6 Å². The molecule has 7 nitrogen and oxygen atoms in total. The number of halogens is 1. The van der Waals surface area contributed by atoms with Gasteiger partial charge in [-0.2, -0.15) is 5.10 Å². The van der Waals surface area contributed by atoms with Crippen molar-refractivity contribution in [1.82, 2.24) is 15.4 Å². The van der Waals surface area contributed by atoms with E-state index in [9.17, 15) is 4.79 Å². The lowest BCUT2D eigenvalue weighted by Gasteiger charge is -2.13. The molecule has 0 bridgehead atoms. The second-order valence-corrected chi connectivity index (χ2v) is 8.68. The molecule has 0 aliphatic carbocycles. The van der Waals surface area contributed by atoms with Crippen molar-refractivity contribution in [2.45, 2.75) is 32.5 Å². The summed E-state index contributed by atoms with van der Waals surface area (Å²) in [6, 6.07) is 13.4. The molecule has 0 saturated carbocycles. The van der Waals surface area contributed by atoms with E-state index in [0.717, 1.165) is 22.5 Å². The first-order valence-corrected chi connectivity index (χ1v) is 11.5. The average Bonchev–Trinajstić information content (AvgIpc) is 2.76. The summed E-state index contributed by atoms with van der Waals surface area (Å²) >= 11 is 7.68. The third-order valence-electron chi connectivity index (χ3n) is 4.41. The molecule has 33 heavy (non-hydrogen) atoms. The van der Waals surface area contributed by atoms with E-state index in [2.05, 4.69) is 26.6 Å². The quantitative estimate of drug-likeness (QED) is 0.201. The third kappa shape index (κ3) is 7.47. The number of ether oxygens (including phenoxy) is 2. The summed E-state index contributed by atoms with van der Waals surface area (Å²) < 4.78 is 11.3. The maximum Gasteiger partial charge on any atom is 0.250 e. The number of carbonyl (C=O) groups is 1. The van der Waals surface area contributed by atoms with Crippen molar-refractivity contribution in [2.24, 2.45) is 5.10 Å². The van der Waals surface area contributed by atoms with Crippen molar-refractivity contribution in [3.63, 3.8) is 0 Å². The lowest BCUT2D eigenvalue weighted by molar-refractivity contribution is -0.118. The van der Waals surface area contributed by atoms with Gasteiger partial charge in [-0.1, -0.05) is 53.2 Å². The van der Waals surface area contributed by atoms with Gasteiger partial charge in [-0.25, -0.2) is 15.4 Å². The Morgan fingerprint density at radius 3 is 2.61 bits per heavy atom. The van der Waals surface area contributed by atoms with E-state index in [-0.39, 0.29) is 11.7 Å². The van der Waals surface area contributed by atoms with Crippen LogP contribution in [0.1, 0.15) is 28.1 Å². The van der Waals surface area contributed by atoms with E-state index in [1.807, 2.05) is 45.0 Å². The molecular weight excluding hydrogens is 460 g/mol. The van der Waals surface area contributed by atoms with E-state index in [1.165, 1.54) is 18.0 Å². The highest BCUT2D eigenvalue weighted by Gasteiger charge is 2.12. The van der Waals surface area contributed by atoms with E-state index in [0.29, 0.717) is 33.8 Å². The van der Waals surface area contributed by atoms with E-state index in [4.69, 9.17) is 21.1 Å². The number of hydrogen-bond donors (Lipinski definition) is 1. The molecule has 1 heterocycles. The lowest BCUT2D eigenvalue weighted by Crippen LogP contribution is -2.19. The summed E-state index contributed by atoms with van der Waals surface area (Å²) in [7, 11) is 1.54. The summed E-state index contributed by atoms with van der Waals surface area (Å²) in [5.74, 6) is 0.808. The summed E-state index contributed by atoms with van der Waals surface area (Å²) in [4.78, 5) is 20.7. The van der Waals surface area contributed by atoms with Gasteiger partial charge in [0.25, 0.3) is 5.91 Å². The van der Waals surface area contributed by atoms with Crippen molar-refractivity contribution < 1.29 is 14.3 Å². The topological polar surface area (TPSA) is 85.7 Å². The maximum atomic E-state index is 12.1. The Kier molecular flexibility index (Phi) is 8.68. The van der Waals surface area contributed by atoms with Gasteiger partial charge in [-0.15, -0.1) is 0 Å². The van der Waals surface area contributed by atoms with E-state index >= 15 is 0 Å². The van der Waals surface area contributed by atoms with Crippen LogP contribution in [0.25, 0.3) is 0 Å². The first kappa shape index (κ1) is 24.5. The van der Waals surface area contributed by atoms with Gasteiger partial charge in [0, 0.05) is 11.4 Å². The number of rotatable bonds is 9. The predicted molar refractivity (Wildman–Crippen MR) is 131 cm³/mol. The summed E-state index contributed by atoms with van der Waals surface area (Å²) in [6.07, 6.45) is 1.49. The second kappa shape index (κ2) is 11.7. The van der Waals surface area contributed by atoms with Gasteiger partial charge in [-0.05, 0) is 50.1 Å². The van der Waals surface area contributed by atoms with E-state index in [1.54, 1.807) is 19.2 Å². The van der Waals surface area contributed by atoms with Crippen LogP contribution >= 0.6 is 23.4 Å². The zero-order valence-corrected chi connectivity index (χ0v) is 20.5. The van der Waals surface area contributed by atoms with Gasteiger partial charge in [-0.3, -0.25) is 4.79 Å². The predicted octanol–water partition coefficient (Wildman–Crippen LogP) is 4.89. The summed E-state index contributed by atoms with van der Waals surface area (Å²) in [6.45, 7) is 6.17. The van der Waals surface area contributed by atoms with Gasteiger partial charge in [0.15, 0.2) is 16.7 Å². The molecule has 172 valence electrons. The Morgan fingerprint density at radius 2 is 1.91 bits per heavy atom. The lowest BCUT2D eigenvalue weighted by atomic mass is 10.1. The first-order valence-electron chi connectivity index (χ1n) is 10.2. The van der Waals surface area contributed by atoms with Gasteiger partial charge >= 0.3 is 0 Å². The minimum atomic E-state index is -0.268. The van der Waals surface area contributed by atoms with E-state index < -0.39 is 0 Å². The van der Waals surface area contributed by atoms with Crippen molar-refractivity contribution in [3.8, 4) is 11.5 Å². The highest BCUT2D eigenvalue weighted by atomic mass is 35.5. The van der Waals surface area contributed by atoms with Gasteiger partial charge in [0.05, 0.1) is 24.1 Å². The first-order chi connectivity index (χ1) is 15.8. The van der Waals surface area contributed by atoms with Gasteiger partial charge in [0.2, 0.25) is 0 Å². The zero-order valence-electron chi connectivity index (χ0n) is 18.9. The molecule has 3 aromatic rings. The number of methoxy groups -OCH3 is 1. The number of nitrogens with one attached hydrogen (secondary N) is 1. The molecule has 1 amide bonds. The molecule has 3 rings (SSSR count). The average molecular weight is 485 g/mol. The third-order valence-corrected chi connectivity index (χ3v) is 5.54. The molecule has 0 unspecified atom stereocenters. The summed E-state index contributed by atoms with van der Waals surface area (Å²) in [5, 5.41) is 4.95. The van der Waals surface area contributed by atoms with Crippen LogP contribution in [-0.2, 0) is 11.4 Å². The summed E-state index contributed by atoms with van der Waals surface area (Å²) in [5.41, 5.74) is 7.06. The molecular formula is C24H25ClN4O3S. The van der Waals surface area contributed by atoms with Crippen LogP contribution in [0.3, 0.4) is 0 Å². The number of hydrogen-bond acceptors (Lipinski definition) is 7. The Morgan fingerprint density at radius 1 is 1.15 bits per heavy atom. The Labute approximate surface area is 202 Å². The number of nitrogens with zero attached hydrogens (tertiary/aromatic N) is 3. The number of aryl methyl sites for hydroxylation is 3. The molecule has 1 aromatic heterocycles. The number of amides is 1. The number of aromatic nitrogens is 2. The van der Waals surface area contributed by atoms with Crippen LogP contribution in [0.15, 0.2) is 52.7 Å². The van der Waals surface area contributed by atoms with Crippen LogP contribution in [-0.4, -0.2) is 35.0 Å². The second-order valence-electron chi connectivity index (χ2n) is 7.33. The van der Waals surface area contributed by atoms with Crippen LogP contribution in [0, 0.1) is 20.8 Å². The van der Waals surface area contributed by atoms with Gasteiger partial charge in [0.1, 0.15) is 6.61 Å². The molecule has 0 fully saturated rings. The number of benzene rings is 2. The zero-order chi connectivity index (χ0) is 23.8. The molecule has 9 heteroatoms.